The van der Waals surface area contributed by atoms with Gasteiger partial charge in [0.05, 0.1) is 5.56 Å². The molecule has 0 atom stereocenters. The lowest BCUT2D eigenvalue weighted by atomic mass is 9.98. The minimum absolute atomic E-state index is 0.403. The molecular formula is C25H16O4. The minimum atomic E-state index is -0.412. The Kier molecular flexibility index (Phi) is 3.91. The van der Waals surface area contributed by atoms with E-state index in [0.29, 0.717) is 22.3 Å². The molecule has 0 fully saturated rings. The highest BCUT2D eigenvalue weighted by molar-refractivity contribution is 5.96. The zero-order valence-corrected chi connectivity index (χ0v) is 15.6. The van der Waals surface area contributed by atoms with Gasteiger partial charge in [-0.3, -0.25) is 0 Å². The molecule has 0 bridgehead atoms. The average Bonchev–Trinajstić information content (AvgIpc) is 2.73. The van der Waals surface area contributed by atoms with Gasteiger partial charge in [-0.2, -0.15) is 0 Å². The summed E-state index contributed by atoms with van der Waals surface area (Å²) in [7, 11) is 0. The van der Waals surface area contributed by atoms with E-state index in [1.54, 1.807) is 18.2 Å². The van der Waals surface area contributed by atoms with Crippen molar-refractivity contribution in [2.75, 3.05) is 0 Å². The van der Waals surface area contributed by atoms with Gasteiger partial charge in [-0.15, -0.1) is 0 Å². The number of rotatable bonds is 2. The smallest absolute Gasteiger partial charge is 0.344 e. The highest BCUT2D eigenvalue weighted by Crippen LogP contribution is 2.31. The van der Waals surface area contributed by atoms with Crippen LogP contribution in [0, 0.1) is 6.92 Å². The van der Waals surface area contributed by atoms with Crippen LogP contribution in [0.2, 0.25) is 0 Å². The summed E-state index contributed by atoms with van der Waals surface area (Å²) in [4.78, 5) is 24.7. The average molecular weight is 380 g/mol. The fourth-order valence-electron chi connectivity index (χ4n) is 3.63. The summed E-state index contributed by atoms with van der Waals surface area (Å²) in [6, 6.07) is 24.0. The zero-order chi connectivity index (χ0) is 20.0. The Morgan fingerprint density at radius 2 is 1.45 bits per heavy atom. The van der Waals surface area contributed by atoms with Crippen LogP contribution in [0.25, 0.3) is 44.2 Å². The molecule has 0 unspecified atom stereocenters. The molecule has 0 radical (unpaired) electrons. The molecule has 0 aliphatic rings. The largest absolute Gasteiger partial charge is 0.423 e. The quantitative estimate of drug-likeness (QED) is 0.377. The van der Waals surface area contributed by atoms with Crippen LogP contribution < -0.4 is 11.3 Å². The van der Waals surface area contributed by atoms with Crippen LogP contribution in [-0.2, 0) is 0 Å². The Morgan fingerprint density at radius 1 is 0.655 bits per heavy atom. The number of hydrogen-bond donors (Lipinski definition) is 0. The maximum absolute atomic E-state index is 12.6. The first kappa shape index (κ1) is 17.2. The third-order valence-electron chi connectivity index (χ3n) is 5.03. The molecular weight excluding hydrogens is 364 g/mol. The second-order valence-corrected chi connectivity index (χ2v) is 7.04. The summed E-state index contributed by atoms with van der Waals surface area (Å²) in [5.41, 5.74) is 4.15. The van der Waals surface area contributed by atoms with Gasteiger partial charge in [0.25, 0.3) is 0 Å². The number of fused-ring (bicyclic) bond motifs is 2. The molecule has 0 aliphatic heterocycles. The van der Waals surface area contributed by atoms with Crippen molar-refractivity contribution in [2.45, 2.75) is 6.92 Å². The van der Waals surface area contributed by atoms with E-state index < -0.39 is 11.3 Å². The molecule has 3 aromatic carbocycles. The Labute approximate surface area is 165 Å². The molecule has 0 amide bonds. The van der Waals surface area contributed by atoms with Crippen molar-refractivity contribution in [1.82, 2.24) is 0 Å². The Morgan fingerprint density at radius 3 is 2.28 bits per heavy atom. The molecule has 2 heterocycles. The van der Waals surface area contributed by atoms with Crippen molar-refractivity contribution >= 4 is 21.9 Å². The van der Waals surface area contributed by atoms with E-state index in [4.69, 9.17) is 8.83 Å². The molecule has 5 rings (SSSR count). The van der Waals surface area contributed by atoms with E-state index >= 15 is 0 Å². The molecule has 140 valence electrons. The van der Waals surface area contributed by atoms with Gasteiger partial charge in [-0.1, -0.05) is 48.0 Å². The van der Waals surface area contributed by atoms with Crippen molar-refractivity contribution in [3.63, 3.8) is 0 Å². The molecule has 0 N–H and O–H groups in total. The normalized spacial score (nSPS) is 11.2. The van der Waals surface area contributed by atoms with E-state index in [2.05, 4.69) is 0 Å². The maximum atomic E-state index is 12.6. The highest BCUT2D eigenvalue weighted by atomic mass is 16.4. The first-order chi connectivity index (χ1) is 14.1. The lowest BCUT2D eigenvalue weighted by Gasteiger charge is -2.08. The van der Waals surface area contributed by atoms with Crippen molar-refractivity contribution in [2.24, 2.45) is 0 Å². The molecule has 0 saturated carbocycles. The first-order valence-electron chi connectivity index (χ1n) is 9.27. The third kappa shape index (κ3) is 3.05. The van der Waals surface area contributed by atoms with Crippen LogP contribution in [0.1, 0.15) is 5.56 Å². The van der Waals surface area contributed by atoms with Crippen LogP contribution in [0.5, 0.6) is 0 Å². The van der Waals surface area contributed by atoms with Gasteiger partial charge in [0.1, 0.15) is 11.2 Å². The summed E-state index contributed by atoms with van der Waals surface area (Å²) in [6.45, 7) is 1.99. The molecule has 5 aromatic rings. The fraction of sp³-hybridized carbons (Fsp3) is 0.0400. The first-order valence-corrected chi connectivity index (χ1v) is 9.27. The van der Waals surface area contributed by atoms with Gasteiger partial charge in [0, 0.05) is 16.8 Å². The lowest BCUT2D eigenvalue weighted by Crippen LogP contribution is -2.03. The van der Waals surface area contributed by atoms with Crippen LogP contribution in [0.4, 0.5) is 0 Å². The van der Waals surface area contributed by atoms with Gasteiger partial charge >= 0.3 is 11.3 Å². The summed E-state index contributed by atoms with van der Waals surface area (Å²) < 4.78 is 10.9. The summed E-state index contributed by atoms with van der Waals surface area (Å²) in [6.07, 6.45) is 0. The summed E-state index contributed by atoms with van der Waals surface area (Å²) >= 11 is 0. The maximum Gasteiger partial charge on any atom is 0.344 e. The van der Waals surface area contributed by atoms with Gasteiger partial charge in [0.15, 0.2) is 0 Å². The minimum Gasteiger partial charge on any atom is -0.423 e. The van der Waals surface area contributed by atoms with Crippen molar-refractivity contribution < 1.29 is 8.83 Å². The second kappa shape index (κ2) is 6.60. The van der Waals surface area contributed by atoms with Gasteiger partial charge < -0.3 is 8.83 Å². The highest BCUT2D eigenvalue weighted by Gasteiger charge is 2.13. The fourth-order valence-corrected chi connectivity index (χ4v) is 3.63. The second-order valence-electron chi connectivity index (χ2n) is 7.04. The zero-order valence-electron chi connectivity index (χ0n) is 15.6. The molecule has 2 aromatic heterocycles. The Hall–Kier alpha value is -3.92. The predicted octanol–water partition coefficient (Wildman–Crippen LogP) is 5.54. The van der Waals surface area contributed by atoms with Crippen molar-refractivity contribution in [1.29, 1.82) is 0 Å². The van der Waals surface area contributed by atoms with Crippen molar-refractivity contribution in [3.05, 3.63) is 105 Å². The Balaban J connectivity index is 1.78. The standard InChI is InChI=1S/C25H16O4/c1-15-7-9-22-18(11-15)13-20(25(27)29-22)17-8-10-23-21(12-17)19(14-24(26)28-23)16-5-3-2-4-6-16/h2-14H,1H3. The van der Waals surface area contributed by atoms with Crippen LogP contribution >= 0.6 is 0 Å². The number of benzene rings is 3. The Bertz CT molecular complexity index is 1490. The predicted molar refractivity (Wildman–Crippen MR) is 114 cm³/mol. The van der Waals surface area contributed by atoms with E-state index in [-0.39, 0.29) is 0 Å². The summed E-state index contributed by atoms with van der Waals surface area (Å²) in [5.74, 6) is 0. The number of aryl methyl sites for hydroxylation is 1. The van der Waals surface area contributed by atoms with E-state index in [0.717, 1.165) is 27.5 Å². The van der Waals surface area contributed by atoms with Crippen molar-refractivity contribution in [3.8, 4) is 22.3 Å². The van der Waals surface area contributed by atoms with Gasteiger partial charge in [-0.25, -0.2) is 9.59 Å². The van der Waals surface area contributed by atoms with Crippen LogP contribution in [0.3, 0.4) is 0 Å². The topological polar surface area (TPSA) is 60.4 Å². The van der Waals surface area contributed by atoms with Gasteiger partial charge in [0.2, 0.25) is 0 Å². The molecule has 0 saturated heterocycles. The third-order valence-corrected chi connectivity index (χ3v) is 5.03. The van der Waals surface area contributed by atoms with Crippen LogP contribution in [0.15, 0.2) is 97.3 Å². The SMILES string of the molecule is Cc1ccc2oc(=O)c(-c3ccc4oc(=O)cc(-c5ccccc5)c4c3)cc2c1. The van der Waals surface area contributed by atoms with Crippen LogP contribution in [-0.4, -0.2) is 0 Å². The number of hydrogen-bond acceptors (Lipinski definition) is 4. The monoisotopic (exact) mass is 380 g/mol. The molecule has 29 heavy (non-hydrogen) atoms. The molecule has 0 aliphatic carbocycles. The van der Waals surface area contributed by atoms with Gasteiger partial charge in [-0.05, 0) is 53.9 Å². The molecule has 0 spiro atoms. The van der Waals surface area contributed by atoms with E-state index in [1.165, 1.54) is 6.07 Å². The lowest BCUT2D eigenvalue weighted by molar-refractivity contribution is 0.561. The molecule has 4 nitrogen and oxygen atoms in total. The summed E-state index contributed by atoms with van der Waals surface area (Å²) in [5, 5.41) is 1.62. The van der Waals surface area contributed by atoms with E-state index in [1.807, 2.05) is 61.5 Å². The van der Waals surface area contributed by atoms with E-state index in [9.17, 15) is 9.59 Å². The molecule has 4 heteroatoms.